The Hall–Kier alpha value is -2.56. The van der Waals surface area contributed by atoms with Crippen molar-refractivity contribution in [3.8, 4) is 0 Å². The third-order valence-electron chi connectivity index (χ3n) is 4.99. The first-order chi connectivity index (χ1) is 12.1. The van der Waals surface area contributed by atoms with E-state index in [0.29, 0.717) is 25.3 Å². The number of para-hydroxylation sites is 2. The molecule has 130 valence electrons. The molecule has 0 aliphatic heterocycles. The molecule has 1 aromatic carbocycles. The molecule has 0 radical (unpaired) electrons. The molecule has 2 heterocycles. The first-order valence-electron chi connectivity index (χ1n) is 8.86. The number of aromatic nitrogens is 2. The Bertz CT molecular complexity index is 862. The number of fused-ring (bicyclic) bond motifs is 1. The molecule has 5 heteroatoms. The minimum Gasteiger partial charge on any atom is -0.466 e. The summed E-state index contributed by atoms with van der Waals surface area (Å²) in [5, 5.41) is 0. The lowest BCUT2D eigenvalue weighted by Gasteiger charge is -2.15. The SMILES string of the molecule is CC1CC1c1ccc(CCC(=O)N(C)Cc2nc3ccccc3[nH]2)o1. The Kier molecular flexibility index (Phi) is 4.07. The van der Waals surface area contributed by atoms with E-state index in [0.717, 1.165) is 34.3 Å². The van der Waals surface area contributed by atoms with Gasteiger partial charge in [-0.05, 0) is 36.6 Å². The summed E-state index contributed by atoms with van der Waals surface area (Å²) in [4.78, 5) is 21.9. The van der Waals surface area contributed by atoms with Crippen LogP contribution in [0.1, 0.15) is 43.0 Å². The highest BCUT2D eigenvalue weighted by atomic mass is 16.3. The summed E-state index contributed by atoms with van der Waals surface area (Å²) in [7, 11) is 1.81. The van der Waals surface area contributed by atoms with Crippen molar-refractivity contribution in [1.29, 1.82) is 0 Å². The summed E-state index contributed by atoms with van der Waals surface area (Å²) >= 11 is 0. The summed E-state index contributed by atoms with van der Waals surface area (Å²) < 4.78 is 5.88. The van der Waals surface area contributed by atoms with Crippen LogP contribution in [0.5, 0.6) is 0 Å². The summed E-state index contributed by atoms with van der Waals surface area (Å²) in [5.74, 6) is 4.19. The molecule has 2 aromatic heterocycles. The zero-order valence-electron chi connectivity index (χ0n) is 14.7. The second-order valence-corrected chi connectivity index (χ2v) is 7.07. The van der Waals surface area contributed by atoms with E-state index >= 15 is 0 Å². The standard InChI is InChI=1S/C20H23N3O2/c1-13-11-15(13)18-9-7-14(25-18)8-10-20(24)23(2)12-19-21-16-5-3-4-6-17(16)22-19/h3-7,9,13,15H,8,10-12H2,1-2H3,(H,21,22). The largest absolute Gasteiger partial charge is 0.466 e. The van der Waals surface area contributed by atoms with Gasteiger partial charge in [-0.15, -0.1) is 0 Å². The van der Waals surface area contributed by atoms with Crippen molar-refractivity contribution in [2.45, 2.75) is 38.6 Å². The zero-order valence-corrected chi connectivity index (χ0v) is 14.7. The van der Waals surface area contributed by atoms with Gasteiger partial charge in [0.25, 0.3) is 0 Å². The van der Waals surface area contributed by atoms with E-state index in [9.17, 15) is 4.79 Å². The molecular formula is C20H23N3O2. The Morgan fingerprint density at radius 2 is 2.12 bits per heavy atom. The van der Waals surface area contributed by atoms with Crippen molar-refractivity contribution >= 4 is 16.9 Å². The number of nitrogens with one attached hydrogen (secondary N) is 1. The van der Waals surface area contributed by atoms with Gasteiger partial charge in [0.1, 0.15) is 17.3 Å². The van der Waals surface area contributed by atoms with E-state index in [-0.39, 0.29) is 5.91 Å². The molecular weight excluding hydrogens is 314 g/mol. The van der Waals surface area contributed by atoms with Crippen LogP contribution in [0.15, 0.2) is 40.8 Å². The number of carbonyl (C=O) groups is 1. The molecule has 0 spiro atoms. The second-order valence-electron chi connectivity index (χ2n) is 7.07. The highest BCUT2D eigenvalue weighted by Crippen LogP contribution is 2.47. The van der Waals surface area contributed by atoms with Gasteiger partial charge in [-0.3, -0.25) is 4.79 Å². The van der Waals surface area contributed by atoms with E-state index < -0.39 is 0 Å². The normalized spacial score (nSPS) is 19.3. The lowest BCUT2D eigenvalue weighted by atomic mass is 10.2. The fraction of sp³-hybridized carbons (Fsp3) is 0.400. The number of furan rings is 1. The van der Waals surface area contributed by atoms with Gasteiger partial charge in [-0.1, -0.05) is 19.1 Å². The number of imidazole rings is 1. The third-order valence-corrected chi connectivity index (χ3v) is 4.99. The molecule has 1 aliphatic carbocycles. The molecule has 2 atom stereocenters. The highest BCUT2D eigenvalue weighted by Gasteiger charge is 2.36. The Balaban J connectivity index is 1.31. The number of aromatic amines is 1. The number of rotatable bonds is 6. The maximum Gasteiger partial charge on any atom is 0.223 e. The Morgan fingerprint density at radius 3 is 2.88 bits per heavy atom. The van der Waals surface area contributed by atoms with Crippen LogP contribution >= 0.6 is 0 Å². The average Bonchev–Trinajstić information content (AvgIpc) is 3.01. The van der Waals surface area contributed by atoms with Gasteiger partial charge in [0, 0.05) is 25.8 Å². The first-order valence-corrected chi connectivity index (χ1v) is 8.86. The van der Waals surface area contributed by atoms with Crippen molar-refractivity contribution in [1.82, 2.24) is 14.9 Å². The topological polar surface area (TPSA) is 62.1 Å². The van der Waals surface area contributed by atoms with E-state index in [1.165, 1.54) is 6.42 Å². The molecule has 25 heavy (non-hydrogen) atoms. The number of nitrogens with zero attached hydrogens (tertiary/aromatic N) is 2. The van der Waals surface area contributed by atoms with Crippen molar-refractivity contribution in [3.05, 3.63) is 53.7 Å². The maximum absolute atomic E-state index is 12.4. The number of hydrogen-bond donors (Lipinski definition) is 1. The molecule has 2 unspecified atom stereocenters. The molecule has 4 rings (SSSR count). The lowest BCUT2D eigenvalue weighted by Crippen LogP contribution is -2.26. The minimum atomic E-state index is 0.0956. The molecule has 3 aromatic rings. The van der Waals surface area contributed by atoms with Gasteiger partial charge in [-0.25, -0.2) is 4.98 Å². The highest BCUT2D eigenvalue weighted by molar-refractivity contribution is 5.77. The van der Waals surface area contributed by atoms with Gasteiger partial charge >= 0.3 is 0 Å². The van der Waals surface area contributed by atoms with Crippen LogP contribution in [0.4, 0.5) is 0 Å². The molecule has 1 saturated carbocycles. The van der Waals surface area contributed by atoms with Crippen molar-refractivity contribution in [2.75, 3.05) is 7.05 Å². The Morgan fingerprint density at radius 1 is 1.32 bits per heavy atom. The van der Waals surface area contributed by atoms with Crippen LogP contribution in [0.3, 0.4) is 0 Å². The number of H-pyrrole nitrogens is 1. The van der Waals surface area contributed by atoms with Crippen molar-refractivity contribution in [2.24, 2.45) is 5.92 Å². The third kappa shape index (κ3) is 3.45. The smallest absolute Gasteiger partial charge is 0.223 e. The fourth-order valence-corrected chi connectivity index (χ4v) is 3.26. The second kappa shape index (κ2) is 6.39. The number of hydrogen-bond acceptors (Lipinski definition) is 3. The van der Waals surface area contributed by atoms with E-state index in [4.69, 9.17) is 4.42 Å². The number of amides is 1. The average molecular weight is 337 g/mol. The van der Waals surface area contributed by atoms with Crippen LogP contribution < -0.4 is 0 Å². The van der Waals surface area contributed by atoms with Crippen LogP contribution in [0.2, 0.25) is 0 Å². The molecule has 0 saturated heterocycles. The van der Waals surface area contributed by atoms with E-state index in [1.807, 2.05) is 37.4 Å². The predicted molar refractivity (Wildman–Crippen MR) is 96.1 cm³/mol. The lowest BCUT2D eigenvalue weighted by molar-refractivity contribution is -0.130. The summed E-state index contributed by atoms with van der Waals surface area (Å²) in [6.45, 7) is 2.72. The van der Waals surface area contributed by atoms with Crippen LogP contribution in [-0.4, -0.2) is 27.8 Å². The fourth-order valence-electron chi connectivity index (χ4n) is 3.26. The monoisotopic (exact) mass is 337 g/mol. The minimum absolute atomic E-state index is 0.0956. The van der Waals surface area contributed by atoms with Gasteiger partial charge in [0.05, 0.1) is 17.6 Å². The van der Waals surface area contributed by atoms with Crippen LogP contribution in [-0.2, 0) is 17.8 Å². The summed E-state index contributed by atoms with van der Waals surface area (Å²) in [5.41, 5.74) is 1.92. The summed E-state index contributed by atoms with van der Waals surface area (Å²) in [6, 6.07) is 12.0. The number of benzene rings is 1. The van der Waals surface area contributed by atoms with Crippen LogP contribution in [0.25, 0.3) is 11.0 Å². The predicted octanol–water partition coefficient (Wildman–Crippen LogP) is 3.87. The molecule has 1 fully saturated rings. The summed E-state index contributed by atoms with van der Waals surface area (Å²) in [6.07, 6.45) is 2.31. The number of carbonyl (C=O) groups excluding carboxylic acids is 1. The Labute approximate surface area is 147 Å². The maximum atomic E-state index is 12.4. The van der Waals surface area contributed by atoms with Gasteiger partial charge in [-0.2, -0.15) is 0 Å². The van der Waals surface area contributed by atoms with Crippen LogP contribution in [0, 0.1) is 5.92 Å². The molecule has 1 amide bonds. The van der Waals surface area contributed by atoms with Gasteiger partial charge < -0.3 is 14.3 Å². The van der Waals surface area contributed by atoms with Crippen molar-refractivity contribution < 1.29 is 9.21 Å². The quantitative estimate of drug-likeness (QED) is 0.743. The van der Waals surface area contributed by atoms with E-state index in [1.54, 1.807) is 4.90 Å². The molecule has 5 nitrogen and oxygen atoms in total. The first kappa shape index (κ1) is 15.9. The van der Waals surface area contributed by atoms with Gasteiger partial charge in [0.15, 0.2) is 0 Å². The van der Waals surface area contributed by atoms with Gasteiger partial charge in [0.2, 0.25) is 5.91 Å². The zero-order chi connectivity index (χ0) is 17.4. The van der Waals surface area contributed by atoms with Crippen molar-refractivity contribution in [3.63, 3.8) is 0 Å². The molecule has 0 bridgehead atoms. The molecule has 1 N–H and O–H groups in total. The van der Waals surface area contributed by atoms with E-state index in [2.05, 4.69) is 23.0 Å². The molecule has 1 aliphatic rings. The number of aryl methyl sites for hydroxylation is 1.